The Bertz CT molecular complexity index is 152. The summed E-state index contributed by atoms with van der Waals surface area (Å²) in [6.45, 7) is 3.54. The van der Waals surface area contributed by atoms with Gasteiger partial charge in [0.05, 0.1) is 0 Å². The number of rotatable bonds is 3. The van der Waals surface area contributed by atoms with E-state index < -0.39 is 0 Å². The second-order valence-electron chi connectivity index (χ2n) is 3.33. The van der Waals surface area contributed by atoms with Gasteiger partial charge < -0.3 is 9.80 Å². The van der Waals surface area contributed by atoms with E-state index in [-0.39, 0.29) is 0 Å². The molecule has 1 fully saturated rings. The third-order valence-corrected chi connectivity index (χ3v) is 3.46. The van der Waals surface area contributed by atoms with E-state index in [1.54, 1.807) is 16.5 Å². The van der Waals surface area contributed by atoms with Crippen LogP contribution in [0.25, 0.3) is 0 Å². The normalized spacial score (nSPS) is 27.3. The van der Waals surface area contributed by atoms with Crippen molar-refractivity contribution in [3.8, 4) is 0 Å². The maximum Gasteiger partial charge on any atom is 0.0342 e. The Morgan fingerprint density at radius 1 is 1.50 bits per heavy atom. The molecule has 0 aromatic rings. The molecule has 0 spiro atoms. The van der Waals surface area contributed by atoms with Crippen molar-refractivity contribution in [2.75, 3.05) is 39.5 Å². The molecule has 0 aliphatic carbocycles. The molecule has 1 heterocycles. The average Bonchev–Trinajstić information content (AvgIpc) is 2.07. The number of thioether (sulfide) groups is 1. The van der Waals surface area contributed by atoms with Crippen molar-refractivity contribution in [1.82, 2.24) is 9.80 Å². The Hall–Kier alpha value is 0.360. The molecule has 2 nitrogen and oxygen atoms in total. The van der Waals surface area contributed by atoms with E-state index in [1.807, 2.05) is 0 Å². The van der Waals surface area contributed by atoms with Gasteiger partial charge in [-0.2, -0.15) is 0 Å². The van der Waals surface area contributed by atoms with Crippen molar-refractivity contribution in [2.24, 2.45) is 0 Å². The lowest BCUT2D eigenvalue weighted by molar-refractivity contribution is 0.128. The van der Waals surface area contributed by atoms with Crippen LogP contribution in [0.2, 0.25) is 0 Å². The van der Waals surface area contributed by atoms with Gasteiger partial charge in [0, 0.05) is 36.1 Å². The molecule has 0 aromatic heterocycles. The summed E-state index contributed by atoms with van der Waals surface area (Å²) in [4.78, 5) is 4.81. The van der Waals surface area contributed by atoms with Gasteiger partial charge in [-0.3, -0.25) is 0 Å². The van der Waals surface area contributed by atoms with Crippen LogP contribution in [0, 0.1) is 0 Å². The van der Waals surface area contributed by atoms with Gasteiger partial charge in [0.2, 0.25) is 0 Å². The van der Waals surface area contributed by atoms with E-state index in [9.17, 15) is 0 Å². The Morgan fingerprint density at radius 2 is 2.25 bits per heavy atom. The van der Waals surface area contributed by atoms with Gasteiger partial charge in [-0.05, 0) is 14.1 Å². The second-order valence-corrected chi connectivity index (χ2v) is 4.76. The highest BCUT2D eigenvalue weighted by Gasteiger charge is 2.21. The highest BCUT2D eigenvalue weighted by molar-refractivity contribution is 8.20. The lowest BCUT2D eigenvalue weighted by Crippen LogP contribution is -2.51. The second kappa shape index (κ2) is 5.17. The van der Waals surface area contributed by atoms with E-state index in [4.69, 9.17) is 12.2 Å². The summed E-state index contributed by atoms with van der Waals surface area (Å²) in [5.74, 6) is 1.13. The van der Waals surface area contributed by atoms with Crippen molar-refractivity contribution in [1.29, 1.82) is 0 Å². The van der Waals surface area contributed by atoms with Gasteiger partial charge in [0.1, 0.15) is 0 Å². The van der Waals surface area contributed by atoms with Gasteiger partial charge in [0.15, 0.2) is 0 Å². The summed E-state index contributed by atoms with van der Waals surface area (Å²) in [6, 6.07) is 0.674. The molecular weight excluding hydrogens is 188 g/mol. The molecule has 12 heavy (non-hydrogen) atoms. The predicted molar refractivity (Wildman–Crippen MR) is 60.0 cm³/mol. The van der Waals surface area contributed by atoms with Crippen LogP contribution < -0.4 is 0 Å². The SMILES string of the molecule is CN1CCN(C)C(CSC=S)C1. The van der Waals surface area contributed by atoms with Gasteiger partial charge in [-0.15, -0.1) is 11.8 Å². The summed E-state index contributed by atoms with van der Waals surface area (Å²) in [7, 11) is 4.38. The van der Waals surface area contributed by atoms with Crippen LogP contribution in [-0.4, -0.2) is 60.0 Å². The molecule has 1 aliphatic rings. The van der Waals surface area contributed by atoms with Crippen LogP contribution in [0.3, 0.4) is 0 Å². The van der Waals surface area contributed by atoms with Crippen molar-refractivity contribution < 1.29 is 0 Å². The standard InChI is InChI=1S/C8H16N2S2/c1-9-3-4-10(2)8(5-9)6-12-7-11/h7-8H,3-6H2,1-2H3. The zero-order valence-corrected chi connectivity index (χ0v) is 9.33. The first-order valence-corrected chi connectivity index (χ1v) is 5.70. The number of thiocarbonyl (C=S) groups is 1. The summed E-state index contributed by atoms with van der Waals surface area (Å²) in [6.07, 6.45) is 0. The average molecular weight is 204 g/mol. The van der Waals surface area contributed by atoms with Crippen molar-refractivity contribution in [3.63, 3.8) is 0 Å². The molecule has 0 aromatic carbocycles. The van der Waals surface area contributed by atoms with E-state index >= 15 is 0 Å². The highest BCUT2D eigenvalue weighted by atomic mass is 32.2. The zero-order valence-electron chi connectivity index (χ0n) is 7.69. The third kappa shape index (κ3) is 3.01. The summed E-state index contributed by atoms with van der Waals surface area (Å²) in [5, 5.41) is 0. The van der Waals surface area contributed by atoms with E-state index in [2.05, 4.69) is 23.9 Å². The third-order valence-electron chi connectivity index (χ3n) is 2.34. The predicted octanol–water partition coefficient (Wildman–Crippen LogP) is 0.923. The number of likely N-dealkylation sites (N-methyl/N-ethyl adjacent to an activating group) is 2. The van der Waals surface area contributed by atoms with Gasteiger partial charge in [-0.25, -0.2) is 0 Å². The van der Waals surface area contributed by atoms with Crippen LogP contribution in [0.5, 0.6) is 0 Å². The first-order valence-electron chi connectivity index (χ1n) is 4.18. The lowest BCUT2D eigenvalue weighted by Gasteiger charge is -2.37. The summed E-state index contributed by atoms with van der Waals surface area (Å²) < 4.78 is 1.77. The molecule has 1 atom stereocenters. The molecule has 4 heteroatoms. The van der Waals surface area contributed by atoms with E-state index in [0.29, 0.717) is 6.04 Å². The molecule has 0 N–H and O–H groups in total. The molecule has 70 valence electrons. The fourth-order valence-electron chi connectivity index (χ4n) is 1.43. The number of nitrogens with zero attached hydrogens (tertiary/aromatic N) is 2. The number of hydrogen-bond acceptors (Lipinski definition) is 4. The Labute approximate surface area is 84.3 Å². The van der Waals surface area contributed by atoms with E-state index in [0.717, 1.165) is 5.75 Å². The van der Waals surface area contributed by atoms with Crippen molar-refractivity contribution >= 4 is 28.7 Å². The maximum absolute atomic E-state index is 4.79. The summed E-state index contributed by atoms with van der Waals surface area (Å²) >= 11 is 6.54. The first kappa shape index (κ1) is 10.4. The maximum atomic E-state index is 4.79. The Balaban J connectivity index is 2.32. The Morgan fingerprint density at radius 3 is 2.92 bits per heavy atom. The Kier molecular flexibility index (Phi) is 4.50. The number of hydrogen-bond donors (Lipinski definition) is 0. The van der Waals surface area contributed by atoms with Gasteiger partial charge in [-0.1, -0.05) is 12.2 Å². The molecule has 0 saturated carbocycles. The fourth-order valence-corrected chi connectivity index (χ4v) is 2.33. The van der Waals surface area contributed by atoms with Gasteiger partial charge in [0.25, 0.3) is 0 Å². The van der Waals surface area contributed by atoms with Crippen molar-refractivity contribution in [3.05, 3.63) is 0 Å². The monoisotopic (exact) mass is 204 g/mol. The highest BCUT2D eigenvalue weighted by Crippen LogP contribution is 2.10. The minimum atomic E-state index is 0.674. The number of piperazine rings is 1. The lowest BCUT2D eigenvalue weighted by atomic mass is 10.2. The largest absolute Gasteiger partial charge is 0.304 e. The molecule has 0 radical (unpaired) electrons. The molecule has 1 saturated heterocycles. The minimum Gasteiger partial charge on any atom is -0.304 e. The van der Waals surface area contributed by atoms with Crippen LogP contribution in [0.15, 0.2) is 0 Å². The topological polar surface area (TPSA) is 6.48 Å². The van der Waals surface area contributed by atoms with Crippen LogP contribution in [0.1, 0.15) is 0 Å². The minimum absolute atomic E-state index is 0.674. The molecule has 1 aliphatic heterocycles. The van der Waals surface area contributed by atoms with Crippen molar-refractivity contribution in [2.45, 2.75) is 6.04 Å². The zero-order chi connectivity index (χ0) is 8.97. The van der Waals surface area contributed by atoms with Crippen LogP contribution in [-0.2, 0) is 0 Å². The van der Waals surface area contributed by atoms with Gasteiger partial charge >= 0.3 is 0 Å². The molecular formula is C8H16N2S2. The van der Waals surface area contributed by atoms with Crippen LogP contribution >= 0.6 is 24.0 Å². The summed E-state index contributed by atoms with van der Waals surface area (Å²) in [5.41, 5.74) is 0. The molecule has 1 unspecified atom stereocenters. The van der Waals surface area contributed by atoms with Crippen LogP contribution in [0.4, 0.5) is 0 Å². The smallest absolute Gasteiger partial charge is 0.0342 e. The molecule has 1 rings (SSSR count). The quantitative estimate of drug-likeness (QED) is 0.631. The first-order chi connectivity index (χ1) is 5.74. The molecule has 0 bridgehead atoms. The fraction of sp³-hybridized carbons (Fsp3) is 0.875. The molecule has 0 amide bonds. The van der Waals surface area contributed by atoms with E-state index in [1.165, 1.54) is 19.6 Å².